The van der Waals surface area contributed by atoms with Crippen LogP contribution in [0.4, 0.5) is 0 Å². The van der Waals surface area contributed by atoms with Crippen molar-refractivity contribution in [1.82, 2.24) is 4.72 Å². The number of carbonyl (C=O) groups excluding carboxylic acids is 1. The molecule has 30 heavy (non-hydrogen) atoms. The van der Waals surface area contributed by atoms with Gasteiger partial charge in [-0.2, -0.15) is 13.1 Å². The predicted molar refractivity (Wildman–Crippen MR) is 112 cm³/mol. The van der Waals surface area contributed by atoms with Crippen LogP contribution < -0.4 is 14.8 Å². The van der Waals surface area contributed by atoms with Crippen molar-refractivity contribution < 1.29 is 23.3 Å². The molecular weight excluding hydrogens is 400 g/mol. The molecule has 6 nitrogen and oxygen atoms in total. The maximum atomic E-state index is 12.9. The van der Waals surface area contributed by atoms with E-state index >= 15 is 0 Å². The van der Waals surface area contributed by atoms with E-state index in [0.717, 1.165) is 11.1 Å². The van der Waals surface area contributed by atoms with Gasteiger partial charge >= 0.3 is 10.0 Å². The first-order valence-corrected chi connectivity index (χ1v) is 10.9. The number of carboxylic acids is 1. The van der Waals surface area contributed by atoms with E-state index in [-0.39, 0.29) is 17.2 Å². The number of hydrogen-bond donors (Lipinski definition) is 2. The minimum absolute atomic E-state index is 0.0707. The van der Waals surface area contributed by atoms with E-state index in [1.54, 1.807) is 54.6 Å². The first-order chi connectivity index (χ1) is 14.3. The zero-order valence-electron chi connectivity index (χ0n) is 16.4. The van der Waals surface area contributed by atoms with Crippen LogP contribution in [0.2, 0.25) is 0 Å². The average molecular weight is 423 g/mol. The largest absolute Gasteiger partial charge is 0.546 e. The molecule has 0 aliphatic heterocycles. The number of aryl methyl sites for hydroxylation is 1. The predicted octanol–water partition coefficient (Wildman–Crippen LogP) is 0.162. The molecule has 0 radical (unpaired) electrons. The van der Waals surface area contributed by atoms with Crippen LogP contribution in [0.5, 0.6) is 0 Å². The van der Waals surface area contributed by atoms with Crippen LogP contribution in [0, 0.1) is 6.92 Å². The molecule has 0 amide bonds. The quantitative estimate of drug-likeness (QED) is 0.419. The van der Waals surface area contributed by atoms with Gasteiger partial charge in [-0.1, -0.05) is 66.2 Å². The summed E-state index contributed by atoms with van der Waals surface area (Å²) in [5, 5.41) is 11.8. The van der Waals surface area contributed by atoms with Crippen molar-refractivity contribution in [3.05, 3.63) is 102 Å². The Morgan fingerprint density at radius 1 is 0.933 bits per heavy atom. The molecule has 0 fully saturated rings. The summed E-state index contributed by atoms with van der Waals surface area (Å²) in [4.78, 5) is 14.7. The Kier molecular flexibility index (Phi) is 6.64. The summed E-state index contributed by atoms with van der Waals surface area (Å²) >= 11 is 0. The minimum Gasteiger partial charge on any atom is -0.546 e. The van der Waals surface area contributed by atoms with Crippen LogP contribution in [0.25, 0.3) is 0 Å². The van der Waals surface area contributed by atoms with E-state index in [9.17, 15) is 18.3 Å². The summed E-state index contributed by atoms with van der Waals surface area (Å²) in [7, 11) is -3.93. The second-order valence-electron chi connectivity index (χ2n) is 6.87. The highest BCUT2D eigenvalue weighted by molar-refractivity contribution is 7.90. The Hall–Kier alpha value is -3.45. The molecule has 2 N–H and O–H groups in total. The van der Waals surface area contributed by atoms with Gasteiger partial charge in [-0.15, -0.1) is 0 Å². The topological polar surface area (TPSA) is 100 Å². The highest BCUT2D eigenvalue weighted by atomic mass is 32.2. The van der Waals surface area contributed by atoms with Crippen molar-refractivity contribution in [3.63, 3.8) is 0 Å². The Balaban J connectivity index is 1.99. The van der Waals surface area contributed by atoms with Gasteiger partial charge in [0.05, 0.1) is 11.5 Å². The minimum atomic E-state index is -3.93. The molecule has 0 spiro atoms. The number of hydrogen-bond acceptors (Lipinski definition) is 4. The van der Waals surface area contributed by atoms with E-state index < -0.39 is 22.0 Å². The zero-order chi connectivity index (χ0) is 21.6. The second-order valence-corrected chi connectivity index (χ2v) is 8.55. The summed E-state index contributed by atoms with van der Waals surface area (Å²) in [6.45, 7) is 1.86. The van der Waals surface area contributed by atoms with Gasteiger partial charge in [0.25, 0.3) is 5.84 Å². The lowest BCUT2D eigenvalue weighted by molar-refractivity contribution is -0.506. The maximum Gasteiger partial charge on any atom is 0.328 e. The molecular formula is C23H22N2O4S. The smallest absolute Gasteiger partial charge is 0.328 e. The normalized spacial score (nSPS) is 12.9. The second kappa shape index (κ2) is 9.37. The van der Waals surface area contributed by atoms with E-state index in [1.807, 2.05) is 25.1 Å². The summed E-state index contributed by atoms with van der Waals surface area (Å²) in [6.07, 6.45) is 0.131. The number of sulfonamides is 1. The fourth-order valence-corrected chi connectivity index (χ4v) is 3.96. The van der Waals surface area contributed by atoms with Gasteiger partial charge in [0.1, 0.15) is 10.9 Å². The van der Waals surface area contributed by atoms with Crippen molar-refractivity contribution in [2.45, 2.75) is 24.3 Å². The number of rotatable bonds is 7. The summed E-state index contributed by atoms with van der Waals surface area (Å²) in [5.74, 6) is -1.26. The summed E-state index contributed by atoms with van der Waals surface area (Å²) < 4.78 is 28.3. The molecule has 154 valence electrons. The van der Waals surface area contributed by atoms with Gasteiger partial charge < -0.3 is 9.90 Å². The zero-order valence-corrected chi connectivity index (χ0v) is 17.2. The molecule has 3 aromatic carbocycles. The maximum absolute atomic E-state index is 12.9. The van der Waals surface area contributed by atoms with Crippen LogP contribution in [-0.2, 0) is 21.2 Å². The third-order valence-corrected chi connectivity index (χ3v) is 5.88. The molecule has 0 aromatic heterocycles. The Labute approximate surface area is 176 Å². The molecule has 0 unspecified atom stereocenters. The fourth-order valence-electron chi connectivity index (χ4n) is 2.90. The Bertz CT molecular complexity index is 1130. The number of benzene rings is 3. The van der Waals surface area contributed by atoms with Gasteiger partial charge in [-0.25, -0.2) is 0 Å². The van der Waals surface area contributed by atoms with Crippen molar-refractivity contribution in [2.24, 2.45) is 0 Å². The standard InChI is InChI=1S/C23H22N2O4S/c1-17-12-14-20(15-13-17)30(28,29)25-22(19-10-6-3-7-11-19)24-21(23(26)27)16-18-8-4-2-5-9-18/h2-15,21H,16H2,1H3,(H,24,25)(H,26,27)/t21-/m0/s1. The third-order valence-electron chi connectivity index (χ3n) is 4.52. The van der Waals surface area contributed by atoms with E-state index in [4.69, 9.17) is 0 Å². The lowest BCUT2D eigenvalue weighted by Crippen LogP contribution is -2.86. The van der Waals surface area contributed by atoms with Crippen molar-refractivity contribution in [2.75, 3.05) is 0 Å². The van der Waals surface area contributed by atoms with Gasteiger partial charge in [0, 0.05) is 6.42 Å². The molecule has 0 aliphatic rings. The van der Waals surface area contributed by atoms with E-state index in [1.165, 1.54) is 12.1 Å². The Morgan fingerprint density at radius 3 is 2.07 bits per heavy atom. The molecule has 0 bridgehead atoms. The average Bonchev–Trinajstić information content (AvgIpc) is 2.74. The lowest BCUT2D eigenvalue weighted by atomic mass is 10.1. The Morgan fingerprint density at radius 2 is 1.50 bits per heavy atom. The van der Waals surface area contributed by atoms with Gasteiger partial charge in [0.2, 0.25) is 0 Å². The van der Waals surface area contributed by atoms with Crippen LogP contribution in [0.3, 0.4) is 0 Å². The van der Waals surface area contributed by atoms with Crippen LogP contribution >= 0.6 is 0 Å². The summed E-state index contributed by atoms with van der Waals surface area (Å²) in [6, 6.07) is 23.0. The highest BCUT2D eigenvalue weighted by Crippen LogP contribution is 2.10. The number of carbonyl (C=O) groups is 1. The lowest BCUT2D eigenvalue weighted by Gasteiger charge is -2.14. The highest BCUT2D eigenvalue weighted by Gasteiger charge is 2.25. The van der Waals surface area contributed by atoms with Crippen molar-refractivity contribution in [3.8, 4) is 0 Å². The molecule has 0 saturated carbocycles. The molecule has 0 saturated heterocycles. The third kappa shape index (κ3) is 5.55. The van der Waals surface area contributed by atoms with Gasteiger partial charge in [-0.3, -0.25) is 4.99 Å². The van der Waals surface area contributed by atoms with Crippen LogP contribution in [0.1, 0.15) is 16.7 Å². The van der Waals surface area contributed by atoms with E-state index in [0.29, 0.717) is 5.56 Å². The molecule has 0 heterocycles. The molecule has 7 heteroatoms. The molecule has 1 atom stereocenters. The SMILES string of the molecule is Cc1ccc(S(=O)(=O)NC(=[NH+][C@@H](Cc2ccccc2)C(=O)[O-])c2ccccc2)cc1. The molecule has 0 aliphatic carbocycles. The van der Waals surface area contributed by atoms with Crippen molar-refractivity contribution in [1.29, 1.82) is 0 Å². The van der Waals surface area contributed by atoms with Gasteiger partial charge in [-0.05, 0) is 36.8 Å². The van der Waals surface area contributed by atoms with Crippen LogP contribution in [-0.4, -0.2) is 26.3 Å². The number of amidine groups is 1. The van der Waals surface area contributed by atoms with Gasteiger partial charge in [0.15, 0.2) is 0 Å². The number of aliphatic carboxylic acids is 1. The number of carboxylic acid groups (broad SMARTS) is 1. The summed E-state index contributed by atoms with van der Waals surface area (Å²) in [5.41, 5.74) is 2.22. The van der Waals surface area contributed by atoms with E-state index in [2.05, 4.69) is 9.71 Å². The molecule has 3 rings (SSSR count). The first-order valence-electron chi connectivity index (χ1n) is 9.38. The van der Waals surface area contributed by atoms with Crippen molar-refractivity contribution >= 4 is 21.8 Å². The molecule has 3 aromatic rings. The number of nitrogens with one attached hydrogen (secondary N) is 2. The fraction of sp³-hybridized carbons (Fsp3) is 0.130. The first kappa shape index (κ1) is 21.3. The monoisotopic (exact) mass is 422 g/mol. The van der Waals surface area contributed by atoms with Crippen LogP contribution in [0.15, 0.2) is 89.8 Å².